The quantitative estimate of drug-likeness (QED) is 0.161. The highest BCUT2D eigenvalue weighted by atomic mass is 15.0. The number of aromatic nitrogens is 7. The molecule has 0 unspecified atom stereocenters. The van der Waals surface area contributed by atoms with Gasteiger partial charge in [0.25, 0.3) is 0 Å². The molecule has 0 atom stereocenters. The van der Waals surface area contributed by atoms with Crippen molar-refractivity contribution in [2.24, 2.45) is 0 Å². The average Bonchev–Trinajstić information content (AvgIpc) is 3.33. The largest absolute Gasteiger partial charge is 0.254 e. The minimum Gasteiger partial charge on any atom is -0.254 e. The van der Waals surface area contributed by atoms with Gasteiger partial charge in [0, 0.05) is 63.0 Å². The van der Waals surface area contributed by atoms with Crippen LogP contribution in [0, 0.1) is 0 Å². The van der Waals surface area contributed by atoms with Gasteiger partial charge in [-0.05, 0) is 80.2 Å². The molecular weight excluding hydrogens is 735 g/mol. The molecule has 0 saturated carbocycles. The normalized spacial score (nSPS) is 11.7. The van der Waals surface area contributed by atoms with Gasteiger partial charge in [-0.15, -0.1) is 0 Å². The Morgan fingerprint density at radius 1 is 0.250 bits per heavy atom. The van der Waals surface area contributed by atoms with Crippen LogP contribution in [0.1, 0.15) is 0 Å². The lowest BCUT2D eigenvalue weighted by molar-refractivity contribution is 1.08. The van der Waals surface area contributed by atoms with E-state index in [-0.39, 0.29) is 0 Å². The summed E-state index contributed by atoms with van der Waals surface area (Å²) in [5.74, 6) is 1.83. The third kappa shape index (κ3) is 5.56. The molecule has 0 bridgehead atoms. The van der Waals surface area contributed by atoms with Crippen molar-refractivity contribution in [3.8, 4) is 56.4 Å². The van der Waals surface area contributed by atoms with Gasteiger partial charge >= 0.3 is 0 Å². The van der Waals surface area contributed by atoms with E-state index in [1.165, 1.54) is 0 Å². The van der Waals surface area contributed by atoms with Crippen molar-refractivity contribution in [3.63, 3.8) is 0 Å². The Morgan fingerprint density at radius 3 is 1.20 bits per heavy atom. The van der Waals surface area contributed by atoms with Crippen LogP contribution in [0.15, 0.2) is 189 Å². The molecule has 0 aliphatic carbocycles. The van der Waals surface area contributed by atoms with Crippen molar-refractivity contribution in [3.05, 3.63) is 189 Å². The van der Waals surface area contributed by atoms with Crippen LogP contribution in [0.3, 0.4) is 0 Å². The van der Waals surface area contributed by atoms with E-state index >= 15 is 0 Å². The molecule has 0 aliphatic rings. The van der Waals surface area contributed by atoms with Crippen molar-refractivity contribution < 1.29 is 0 Å². The lowest BCUT2D eigenvalue weighted by Gasteiger charge is -2.13. The number of hydrogen-bond donors (Lipinski definition) is 0. The van der Waals surface area contributed by atoms with E-state index in [9.17, 15) is 0 Å². The topological polar surface area (TPSA) is 90.2 Å². The number of fused-ring (bicyclic) bond motifs is 8. The van der Waals surface area contributed by atoms with Crippen LogP contribution in [0.4, 0.5) is 0 Å². The molecule has 0 radical (unpaired) electrons. The van der Waals surface area contributed by atoms with E-state index in [1.807, 2.05) is 67.3 Å². The third-order valence-electron chi connectivity index (χ3n) is 11.5. The summed E-state index contributed by atoms with van der Waals surface area (Å²) in [5.41, 5.74) is 10.8. The van der Waals surface area contributed by atoms with Crippen LogP contribution in [-0.2, 0) is 0 Å². The van der Waals surface area contributed by atoms with Crippen LogP contribution >= 0.6 is 0 Å². The first-order valence-electron chi connectivity index (χ1n) is 19.9. The molecule has 12 rings (SSSR count). The lowest BCUT2D eigenvalue weighted by Crippen LogP contribution is -2.00. The van der Waals surface area contributed by atoms with Gasteiger partial charge in [-0.2, -0.15) is 0 Å². The van der Waals surface area contributed by atoms with Gasteiger partial charge in [0.05, 0.1) is 22.1 Å². The second kappa shape index (κ2) is 13.7. The molecule has 12 aromatic rings. The van der Waals surface area contributed by atoms with Gasteiger partial charge in [-0.1, -0.05) is 127 Å². The maximum absolute atomic E-state index is 5.16. The minimum atomic E-state index is 0.607. The highest BCUT2D eigenvalue weighted by Crippen LogP contribution is 2.39. The molecule has 0 aliphatic heterocycles. The van der Waals surface area contributed by atoms with Crippen LogP contribution in [0.25, 0.3) is 122 Å². The molecule has 0 amide bonds. The Morgan fingerprint density at radius 2 is 0.683 bits per heavy atom. The van der Waals surface area contributed by atoms with Crippen LogP contribution < -0.4 is 0 Å². The third-order valence-corrected chi connectivity index (χ3v) is 11.5. The SMILES string of the molecule is c1ccc(-c2nc(-c3ccc4c(-c5ccnc6c5ccc5cccnc56)cccc4c3)nc(-c3ccc4c(-c5ccnc6c5ccc5cccnc56)cccc4c3)n2)cc1. The first-order chi connectivity index (χ1) is 29.7. The molecule has 7 heteroatoms. The summed E-state index contributed by atoms with van der Waals surface area (Å²) in [6.45, 7) is 0. The molecule has 0 N–H and O–H groups in total. The number of benzene rings is 7. The highest BCUT2D eigenvalue weighted by molar-refractivity contribution is 6.13. The van der Waals surface area contributed by atoms with Crippen molar-refractivity contribution in [2.75, 3.05) is 0 Å². The van der Waals surface area contributed by atoms with Gasteiger partial charge in [-0.25, -0.2) is 15.0 Å². The number of nitrogens with zero attached hydrogens (tertiary/aromatic N) is 7. The standard InChI is InChI=1S/C53H31N7/c1-2-8-34(9-3-1)51-58-52(37-18-20-39-35(30-37)10-4-14-41(39)43-24-28-56-49-45(43)22-16-32-12-6-26-54-47(32)49)60-53(59-51)38-19-21-40-36(31-38)11-5-15-42(40)44-25-29-57-50-46(44)23-17-33-13-7-27-55-48(33)50/h1-31H. The Balaban J connectivity index is 0.977. The molecule has 278 valence electrons. The summed E-state index contributed by atoms with van der Waals surface area (Å²) >= 11 is 0. The van der Waals surface area contributed by atoms with E-state index < -0.39 is 0 Å². The van der Waals surface area contributed by atoms with Crippen LogP contribution in [-0.4, -0.2) is 34.9 Å². The van der Waals surface area contributed by atoms with Gasteiger partial charge in [0.2, 0.25) is 0 Å². The van der Waals surface area contributed by atoms with E-state index in [0.717, 1.165) is 104 Å². The average molecular weight is 766 g/mol. The van der Waals surface area contributed by atoms with E-state index in [4.69, 9.17) is 24.9 Å². The first-order valence-corrected chi connectivity index (χ1v) is 19.9. The van der Waals surface area contributed by atoms with Crippen molar-refractivity contribution in [1.29, 1.82) is 0 Å². The molecule has 5 aromatic heterocycles. The Labute approximate surface area is 343 Å². The van der Waals surface area contributed by atoms with Crippen LogP contribution in [0.5, 0.6) is 0 Å². The summed E-state index contributed by atoms with van der Waals surface area (Å²) in [5, 5.41) is 8.71. The predicted molar refractivity (Wildman–Crippen MR) is 243 cm³/mol. The summed E-state index contributed by atoms with van der Waals surface area (Å²) < 4.78 is 0. The second-order valence-corrected chi connectivity index (χ2v) is 14.9. The fourth-order valence-electron chi connectivity index (χ4n) is 8.64. The fraction of sp³-hybridized carbons (Fsp3) is 0. The molecule has 0 saturated heterocycles. The van der Waals surface area contributed by atoms with Crippen molar-refractivity contribution in [2.45, 2.75) is 0 Å². The maximum atomic E-state index is 5.16. The zero-order valence-corrected chi connectivity index (χ0v) is 32.0. The maximum Gasteiger partial charge on any atom is 0.164 e. The van der Waals surface area contributed by atoms with Gasteiger partial charge < -0.3 is 0 Å². The molecule has 5 heterocycles. The molecule has 0 fully saturated rings. The highest BCUT2D eigenvalue weighted by Gasteiger charge is 2.17. The van der Waals surface area contributed by atoms with Crippen LogP contribution in [0.2, 0.25) is 0 Å². The molecule has 7 aromatic carbocycles. The number of rotatable bonds is 5. The fourth-order valence-corrected chi connectivity index (χ4v) is 8.64. The van der Waals surface area contributed by atoms with E-state index in [0.29, 0.717) is 17.5 Å². The summed E-state index contributed by atoms with van der Waals surface area (Å²) in [4.78, 5) is 34.2. The molecule has 7 nitrogen and oxygen atoms in total. The van der Waals surface area contributed by atoms with Crippen molar-refractivity contribution >= 4 is 65.2 Å². The molecule has 0 spiro atoms. The van der Waals surface area contributed by atoms with Crippen molar-refractivity contribution in [1.82, 2.24) is 34.9 Å². The van der Waals surface area contributed by atoms with Gasteiger partial charge in [-0.3, -0.25) is 19.9 Å². The Hall–Kier alpha value is -8.29. The van der Waals surface area contributed by atoms with Gasteiger partial charge in [0.1, 0.15) is 0 Å². The smallest absolute Gasteiger partial charge is 0.164 e. The predicted octanol–water partition coefficient (Wildman–Crippen LogP) is 12.7. The monoisotopic (exact) mass is 765 g/mol. The second-order valence-electron chi connectivity index (χ2n) is 14.9. The zero-order valence-electron chi connectivity index (χ0n) is 32.0. The minimum absolute atomic E-state index is 0.607. The molecule has 60 heavy (non-hydrogen) atoms. The summed E-state index contributed by atoms with van der Waals surface area (Å²) in [6, 6.07) is 56.7. The number of hydrogen-bond acceptors (Lipinski definition) is 7. The lowest BCUT2D eigenvalue weighted by atomic mass is 9.94. The molecular formula is C53H31N7. The first kappa shape index (κ1) is 33.8. The Kier molecular flexibility index (Phi) is 7.71. The summed E-state index contributed by atoms with van der Waals surface area (Å²) in [7, 11) is 0. The summed E-state index contributed by atoms with van der Waals surface area (Å²) in [6.07, 6.45) is 7.41. The van der Waals surface area contributed by atoms with E-state index in [1.54, 1.807) is 0 Å². The van der Waals surface area contributed by atoms with E-state index in [2.05, 4.69) is 131 Å². The van der Waals surface area contributed by atoms with Gasteiger partial charge in [0.15, 0.2) is 17.5 Å². The zero-order chi connectivity index (χ0) is 39.6. The Bertz CT molecular complexity index is 3460. The number of pyridine rings is 4.